The number of carbonyl (C=O) groups excluding carboxylic acids is 1. The van der Waals surface area contributed by atoms with E-state index in [1.165, 1.54) is 5.56 Å². The van der Waals surface area contributed by atoms with Gasteiger partial charge in [-0.25, -0.2) is 4.98 Å². The van der Waals surface area contributed by atoms with Crippen LogP contribution in [-0.2, 0) is 24.6 Å². The number of nitrogens with zero attached hydrogens (tertiary/aromatic N) is 3. The Labute approximate surface area is 327 Å². The number of aryl methyl sites for hydroxylation is 1. The maximum Gasteiger partial charge on any atom is 0.246 e. The topological polar surface area (TPSA) is 73.4 Å². The van der Waals surface area contributed by atoms with Crippen LogP contribution < -0.4 is 18.9 Å². The van der Waals surface area contributed by atoms with E-state index in [1.807, 2.05) is 73.3 Å². The van der Waals surface area contributed by atoms with Crippen molar-refractivity contribution >= 4 is 47.6 Å². The van der Waals surface area contributed by atoms with Crippen molar-refractivity contribution in [1.82, 2.24) is 14.8 Å². The predicted molar refractivity (Wildman–Crippen MR) is 213 cm³/mol. The third-order valence-electron chi connectivity index (χ3n) is 8.59. The molecule has 0 saturated carbocycles. The molecule has 0 atom stereocenters. The summed E-state index contributed by atoms with van der Waals surface area (Å²) in [6.07, 6.45) is 5.00. The highest BCUT2D eigenvalue weighted by molar-refractivity contribution is 6.32. The molecule has 0 aliphatic carbocycles. The molecule has 8 nitrogen and oxygen atoms in total. The van der Waals surface area contributed by atoms with E-state index in [9.17, 15) is 4.79 Å². The molecule has 0 spiro atoms. The Morgan fingerprint density at radius 1 is 0.774 bits per heavy atom. The zero-order chi connectivity index (χ0) is 36.3. The first-order chi connectivity index (χ1) is 25.3. The smallest absolute Gasteiger partial charge is 0.246 e. The average molecular weight is 775 g/mol. The van der Waals surface area contributed by atoms with Crippen LogP contribution in [0.2, 0.25) is 10.0 Å². The Kier molecular flexibility index (Phi) is 14.4. The van der Waals surface area contributed by atoms with E-state index in [0.717, 1.165) is 53.4 Å². The van der Waals surface area contributed by atoms with Crippen LogP contribution in [0.15, 0.2) is 109 Å². The largest absolute Gasteiger partial charge is 0.494 e. The summed E-state index contributed by atoms with van der Waals surface area (Å²) in [7, 11) is 0. The molecule has 0 unspecified atom stereocenters. The number of amides is 1. The lowest BCUT2D eigenvalue weighted by Gasteiger charge is -2.34. The second-order valence-electron chi connectivity index (χ2n) is 12.4. The van der Waals surface area contributed by atoms with Gasteiger partial charge in [-0.15, -0.1) is 12.4 Å². The average Bonchev–Trinajstić information content (AvgIpc) is 3.16. The van der Waals surface area contributed by atoms with Gasteiger partial charge in [-0.3, -0.25) is 9.69 Å². The van der Waals surface area contributed by atoms with Crippen molar-refractivity contribution in [2.75, 3.05) is 32.8 Å². The summed E-state index contributed by atoms with van der Waals surface area (Å²) in [5, 5.41) is 1.08. The van der Waals surface area contributed by atoms with Crippen LogP contribution >= 0.6 is 35.6 Å². The van der Waals surface area contributed by atoms with Crippen molar-refractivity contribution in [1.29, 1.82) is 0 Å². The van der Waals surface area contributed by atoms with E-state index < -0.39 is 0 Å². The van der Waals surface area contributed by atoms with E-state index in [0.29, 0.717) is 60.3 Å². The van der Waals surface area contributed by atoms with Gasteiger partial charge in [0.15, 0.2) is 5.75 Å². The van der Waals surface area contributed by atoms with Gasteiger partial charge < -0.3 is 23.8 Å². The summed E-state index contributed by atoms with van der Waals surface area (Å²) in [6.45, 7) is 9.13. The normalized spacial score (nSPS) is 13.0. The molecule has 11 heteroatoms. The molecular weight excluding hydrogens is 733 g/mol. The van der Waals surface area contributed by atoms with Gasteiger partial charge in [0.2, 0.25) is 11.8 Å². The first-order valence-corrected chi connectivity index (χ1v) is 18.0. The molecule has 1 aliphatic heterocycles. The Morgan fingerprint density at radius 3 is 2.09 bits per heavy atom. The molecule has 0 bridgehead atoms. The monoisotopic (exact) mass is 773 g/mol. The Hall–Kier alpha value is -4.73. The minimum Gasteiger partial charge on any atom is -0.494 e. The molecule has 0 N–H and O–H groups in total. The lowest BCUT2D eigenvalue weighted by Crippen LogP contribution is -2.47. The lowest BCUT2D eigenvalue weighted by atomic mass is 10.1. The number of hydrogen-bond acceptors (Lipinski definition) is 7. The first kappa shape index (κ1) is 39.5. The highest BCUT2D eigenvalue weighted by Gasteiger charge is 2.20. The molecule has 0 radical (unpaired) electrons. The van der Waals surface area contributed by atoms with Crippen molar-refractivity contribution in [3.8, 4) is 28.9 Å². The van der Waals surface area contributed by atoms with E-state index in [2.05, 4.69) is 34.1 Å². The van der Waals surface area contributed by atoms with Crippen molar-refractivity contribution < 1.29 is 23.7 Å². The summed E-state index contributed by atoms with van der Waals surface area (Å²) in [5.74, 6) is 3.11. The standard InChI is InChI=1S/C42H41Cl2N3O5.ClH/c1-3-49-35-13-15-36(16-14-35)50-28-32-10-8-31(9-11-32)27-46-20-22-47(23-21-46)41(48)19-12-33-24-30(2)42(39(44)25-33)52-40-18-17-37(26-45-40)51-29-34-6-4-5-7-38(34)43;/h4-19,24-26H,3,20-23,27-29H2,1-2H3;1H. The number of carbonyl (C=O) groups is 1. The summed E-state index contributed by atoms with van der Waals surface area (Å²) in [4.78, 5) is 21.7. The van der Waals surface area contributed by atoms with Gasteiger partial charge in [0.1, 0.15) is 30.5 Å². The molecule has 53 heavy (non-hydrogen) atoms. The van der Waals surface area contributed by atoms with Gasteiger partial charge in [-0.1, -0.05) is 65.7 Å². The Bertz CT molecular complexity index is 1940. The number of hydrogen-bond donors (Lipinski definition) is 0. The fraction of sp³-hybridized carbons (Fsp3) is 0.238. The maximum absolute atomic E-state index is 13.1. The zero-order valence-electron chi connectivity index (χ0n) is 29.7. The number of piperazine rings is 1. The molecule has 1 saturated heterocycles. The predicted octanol–water partition coefficient (Wildman–Crippen LogP) is 9.83. The molecule has 2 heterocycles. The Morgan fingerprint density at radius 2 is 1.43 bits per heavy atom. The molecule has 1 fully saturated rings. The van der Waals surface area contributed by atoms with E-state index in [-0.39, 0.29) is 18.3 Å². The fourth-order valence-electron chi connectivity index (χ4n) is 5.74. The van der Waals surface area contributed by atoms with Crippen molar-refractivity contribution in [2.24, 2.45) is 0 Å². The van der Waals surface area contributed by atoms with Crippen molar-refractivity contribution in [3.63, 3.8) is 0 Å². The zero-order valence-corrected chi connectivity index (χ0v) is 32.0. The third-order valence-corrected chi connectivity index (χ3v) is 9.24. The van der Waals surface area contributed by atoms with Gasteiger partial charge in [0, 0.05) is 55.5 Å². The molecular formula is C42H42Cl3N3O5. The van der Waals surface area contributed by atoms with Crippen LogP contribution in [0.25, 0.3) is 6.08 Å². The number of pyridine rings is 1. The van der Waals surface area contributed by atoms with Gasteiger partial charge in [-0.05, 0) is 90.7 Å². The summed E-state index contributed by atoms with van der Waals surface area (Å²) in [6, 6.07) is 30.9. The number of ether oxygens (including phenoxy) is 4. The summed E-state index contributed by atoms with van der Waals surface area (Å²) < 4.78 is 23.2. The minimum atomic E-state index is -0.0216. The van der Waals surface area contributed by atoms with Gasteiger partial charge in [-0.2, -0.15) is 0 Å². The third kappa shape index (κ3) is 11.4. The molecule has 4 aromatic carbocycles. The molecule has 6 rings (SSSR count). The molecule has 1 aliphatic rings. The van der Waals surface area contributed by atoms with Crippen LogP contribution in [-0.4, -0.2) is 53.5 Å². The van der Waals surface area contributed by atoms with Gasteiger partial charge >= 0.3 is 0 Å². The Balaban J connectivity index is 0.00000541. The van der Waals surface area contributed by atoms with Crippen LogP contribution in [0.4, 0.5) is 0 Å². The summed E-state index contributed by atoms with van der Waals surface area (Å²) >= 11 is 12.8. The molecule has 276 valence electrons. The van der Waals surface area contributed by atoms with Crippen molar-refractivity contribution in [3.05, 3.63) is 147 Å². The first-order valence-electron chi connectivity index (χ1n) is 17.3. The highest BCUT2D eigenvalue weighted by Crippen LogP contribution is 2.34. The number of benzene rings is 4. The number of rotatable bonds is 14. The van der Waals surface area contributed by atoms with Crippen LogP contribution in [0.3, 0.4) is 0 Å². The van der Waals surface area contributed by atoms with Crippen molar-refractivity contribution in [2.45, 2.75) is 33.6 Å². The maximum atomic E-state index is 13.1. The summed E-state index contributed by atoms with van der Waals surface area (Å²) in [5.41, 5.74) is 4.87. The number of aromatic nitrogens is 1. The highest BCUT2D eigenvalue weighted by atomic mass is 35.5. The van der Waals surface area contributed by atoms with E-state index >= 15 is 0 Å². The minimum absolute atomic E-state index is 0. The number of halogens is 3. The second-order valence-corrected chi connectivity index (χ2v) is 13.2. The second kappa shape index (κ2) is 19.4. The molecule has 5 aromatic rings. The van der Waals surface area contributed by atoms with Gasteiger partial charge in [0.25, 0.3) is 0 Å². The van der Waals surface area contributed by atoms with Crippen LogP contribution in [0, 0.1) is 6.92 Å². The fourth-order valence-corrected chi connectivity index (χ4v) is 6.24. The quantitative estimate of drug-likeness (QED) is 0.104. The molecule has 1 aromatic heterocycles. The SMILES string of the molecule is CCOc1ccc(OCc2ccc(CN3CCN(C(=O)C=Cc4cc(C)c(Oc5ccc(OCc6ccccc6Cl)cn5)c(Cl)c4)CC3)cc2)cc1.Cl. The van der Waals surface area contributed by atoms with E-state index in [4.69, 9.17) is 42.1 Å². The van der Waals surface area contributed by atoms with E-state index in [1.54, 1.807) is 36.5 Å². The molecule has 1 amide bonds. The van der Waals surface area contributed by atoms with Gasteiger partial charge in [0.05, 0.1) is 17.8 Å². The van der Waals surface area contributed by atoms with Crippen LogP contribution in [0.5, 0.6) is 28.9 Å². The van der Waals surface area contributed by atoms with Crippen LogP contribution in [0.1, 0.15) is 34.7 Å². The lowest BCUT2D eigenvalue weighted by molar-refractivity contribution is -0.127.